The Hall–Kier alpha value is -2.17. The number of ether oxygens (including phenoxy) is 1. The molecule has 0 amide bonds. The average molecular weight is 302 g/mol. The highest BCUT2D eigenvalue weighted by molar-refractivity contribution is 5.70. The molecule has 5 nitrogen and oxygen atoms in total. The van der Waals surface area contributed by atoms with Crippen molar-refractivity contribution in [1.29, 1.82) is 0 Å². The number of carbonyl (C=O) groups excluding carboxylic acids is 1. The molecule has 118 valence electrons. The molecule has 2 rings (SSSR count). The Labute approximate surface area is 130 Å². The summed E-state index contributed by atoms with van der Waals surface area (Å²) in [6, 6.07) is 9.87. The lowest BCUT2D eigenvalue weighted by atomic mass is 9.94. The lowest BCUT2D eigenvalue weighted by molar-refractivity contribution is -0.154. The summed E-state index contributed by atoms with van der Waals surface area (Å²) in [6.07, 6.45) is 0.874. The Morgan fingerprint density at radius 3 is 2.50 bits per heavy atom. The molecule has 1 unspecified atom stereocenters. The van der Waals surface area contributed by atoms with E-state index in [1.807, 2.05) is 51.1 Å². The van der Waals surface area contributed by atoms with E-state index in [1.54, 1.807) is 6.92 Å². The van der Waals surface area contributed by atoms with Crippen LogP contribution in [0.15, 0.2) is 34.9 Å². The quantitative estimate of drug-likeness (QED) is 0.789. The first-order chi connectivity index (χ1) is 10.3. The summed E-state index contributed by atoms with van der Waals surface area (Å²) in [5.41, 5.74) is 0.579. The van der Waals surface area contributed by atoms with Gasteiger partial charge in [-0.1, -0.05) is 35.5 Å². The minimum absolute atomic E-state index is 0.102. The predicted molar refractivity (Wildman–Crippen MR) is 82.4 cm³/mol. The topological polar surface area (TPSA) is 65.2 Å². The Morgan fingerprint density at radius 2 is 1.95 bits per heavy atom. The number of carbonyl (C=O) groups is 1. The number of hydrogen-bond donors (Lipinski definition) is 0. The van der Waals surface area contributed by atoms with E-state index in [2.05, 4.69) is 10.1 Å². The lowest BCUT2D eigenvalue weighted by Gasteiger charge is -2.20. The van der Waals surface area contributed by atoms with Gasteiger partial charge in [0.1, 0.15) is 5.60 Å². The summed E-state index contributed by atoms with van der Waals surface area (Å²) in [5, 5.41) is 3.85. The maximum atomic E-state index is 11.9. The largest absolute Gasteiger partial charge is 0.460 e. The maximum Gasteiger partial charge on any atom is 0.306 e. The molecule has 0 radical (unpaired) electrons. The molecule has 1 atom stereocenters. The van der Waals surface area contributed by atoms with Gasteiger partial charge in [0.05, 0.1) is 5.92 Å². The minimum atomic E-state index is -0.472. The van der Waals surface area contributed by atoms with Crippen molar-refractivity contribution in [2.24, 2.45) is 0 Å². The summed E-state index contributed by atoms with van der Waals surface area (Å²) in [5.74, 6) is 0.806. The molecule has 0 spiro atoms. The van der Waals surface area contributed by atoms with Gasteiger partial charge in [0.2, 0.25) is 5.89 Å². The van der Waals surface area contributed by atoms with E-state index in [1.165, 1.54) is 0 Å². The smallest absolute Gasteiger partial charge is 0.306 e. The van der Waals surface area contributed by atoms with Crippen molar-refractivity contribution >= 4 is 5.97 Å². The second-order valence-electron chi connectivity index (χ2n) is 6.27. The second kappa shape index (κ2) is 6.73. The van der Waals surface area contributed by atoms with Crippen LogP contribution in [-0.2, 0) is 9.53 Å². The average Bonchev–Trinajstić information content (AvgIpc) is 2.85. The zero-order valence-electron chi connectivity index (χ0n) is 13.5. The molecule has 22 heavy (non-hydrogen) atoms. The summed E-state index contributed by atoms with van der Waals surface area (Å²) >= 11 is 0. The third-order valence-electron chi connectivity index (χ3n) is 3.10. The third kappa shape index (κ3) is 4.69. The molecule has 0 N–H and O–H groups in total. The van der Waals surface area contributed by atoms with E-state index in [0.29, 0.717) is 24.6 Å². The summed E-state index contributed by atoms with van der Waals surface area (Å²) in [4.78, 5) is 16.3. The van der Waals surface area contributed by atoms with Crippen LogP contribution in [0.3, 0.4) is 0 Å². The van der Waals surface area contributed by atoms with Crippen LogP contribution >= 0.6 is 0 Å². The molecule has 1 aromatic heterocycles. The highest BCUT2D eigenvalue weighted by Crippen LogP contribution is 2.28. The normalized spacial score (nSPS) is 12.9. The van der Waals surface area contributed by atoms with Crippen LogP contribution in [0.5, 0.6) is 0 Å². The van der Waals surface area contributed by atoms with Crippen LogP contribution < -0.4 is 0 Å². The molecule has 0 bridgehead atoms. The van der Waals surface area contributed by atoms with Gasteiger partial charge in [0, 0.05) is 6.42 Å². The van der Waals surface area contributed by atoms with Gasteiger partial charge in [-0.05, 0) is 39.7 Å². The van der Waals surface area contributed by atoms with Gasteiger partial charge in [0.15, 0.2) is 5.82 Å². The minimum Gasteiger partial charge on any atom is -0.460 e. The molecule has 0 saturated heterocycles. The highest BCUT2D eigenvalue weighted by Gasteiger charge is 2.23. The molecule has 1 heterocycles. The monoisotopic (exact) mass is 302 g/mol. The van der Waals surface area contributed by atoms with Gasteiger partial charge in [-0.15, -0.1) is 0 Å². The number of benzene rings is 1. The van der Waals surface area contributed by atoms with Gasteiger partial charge in [-0.2, -0.15) is 4.98 Å². The number of rotatable bonds is 5. The molecule has 0 saturated carbocycles. The maximum absolute atomic E-state index is 11.9. The molecule has 1 aromatic carbocycles. The number of aryl methyl sites for hydroxylation is 1. The van der Waals surface area contributed by atoms with Gasteiger partial charge in [-0.3, -0.25) is 4.79 Å². The van der Waals surface area contributed by atoms with Gasteiger partial charge >= 0.3 is 5.97 Å². The molecule has 0 aliphatic rings. The van der Waals surface area contributed by atoms with E-state index < -0.39 is 5.60 Å². The Balaban J connectivity index is 2.11. The zero-order valence-corrected chi connectivity index (χ0v) is 13.5. The zero-order chi connectivity index (χ0) is 16.2. The van der Waals surface area contributed by atoms with Crippen LogP contribution in [0.1, 0.15) is 56.8 Å². The van der Waals surface area contributed by atoms with Gasteiger partial charge in [-0.25, -0.2) is 0 Å². The number of esters is 1. The number of hydrogen-bond acceptors (Lipinski definition) is 5. The SMILES string of the molecule is Cc1noc(C(CCC(=O)OC(C)(C)C)c2ccccc2)n1. The predicted octanol–water partition coefficient (Wildman–Crippen LogP) is 3.63. The van der Waals surface area contributed by atoms with Crippen LogP contribution in [0.4, 0.5) is 0 Å². The van der Waals surface area contributed by atoms with Crippen molar-refractivity contribution in [2.45, 2.75) is 52.1 Å². The van der Waals surface area contributed by atoms with E-state index in [9.17, 15) is 4.79 Å². The van der Waals surface area contributed by atoms with Crippen LogP contribution in [-0.4, -0.2) is 21.7 Å². The van der Waals surface area contributed by atoms with E-state index in [0.717, 1.165) is 5.56 Å². The first-order valence-corrected chi connectivity index (χ1v) is 7.42. The Morgan fingerprint density at radius 1 is 1.27 bits per heavy atom. The van der Waals surface area contributed by atoms with Crippen molar-refractivity contribution < 1.29 is 14.1 Å². The molecule has 5 heteroatoms. The standard InChI is InChI=1S/C17H22N2O3/c1-12-18-16(22-19-12)14(13-8-6-5-7-9-13)10-11-15(20)21-17(2,3)4/h5-9,14H,10-11H2,1-4H3. The molecule has 2 aromatic rings. The van der Waals surface area contributed by atoms with Crippen LogP contribution in [0.2, 0.25) is 0 Å². The fourth-order valence-corrected chi connectivity index (χ4v) is 2.23. The first-order valence-electron chi connectivity index (χ1n) is 7.42. The first kappa shape index (κ1) is 16.2. The van der Waals surface area contributed by atoms with E-state index in [-0.39, 0.29) is 11.9 Å². The lowest BCUT2D eigenvalue weighted by Crippen LogP contribution is -2.24. The van der Waals surface area contributed by atoms with E-state index >= 15 is 0 Å². The van der Waals surface area contributed by atoms with Crippen molar-refractivity contribution in [3.8, 4) is 0 Å². The second-order valence-corrected chi connectivity index (χ2v) is 6.27. The molecule has 0 aliphatic carbocycles. The molecular formula is C17H22N2O3. The number of nitrogens with zero attached hydrogens (tertiary/aromatic N) is 2. The summed E-state index contributed by atoms with van der Waals surface area (Å²) in [7, 11) is 0. The van der Waals surface area contributed by atoms with Gasteiger partial charge < -0.3 is 9.26 Å². The highest BCUT2D eigenvalue weighted by atomic mass is 16.6. The number of aromatic nitrogens is 2. The fourth-order valence-electron chi connectivity index (χ4n) is 2.23. The van der Waals surface area contributed by atoms with Crippen molar-refractivity contribution in [3.63, 3.8) is 0 Å². The Kier molecular flexibility index (Phi) is 4.96. The molecule has 0 aliphatic heterocycles. The van der Waals surface area contributed by atoms with E-state index in [4.69, 9.17) is 9.26 Å². The Bertz CT molecular complexity index is 614. The van der Waals surface area contributed by atoms with Crippen LogP contribution in [0.25, 0.3) is 0 Å². The van der Waals surface area contributed by atoms with Crippen molar-refractivity contribution in [2.75, 3.05) is 0 Å². The van der Waals surface area contributed by atoms with Gasteiger partial charge in [0.25, 0.3) is 0 Å². The van der Waals surface area contributed by atoms with Crippen LogP contribution in [0, 0.1) is 6.92 Å². The third-order valence-corrected chi connectivity index (χ3v) is 3.10. The van der Waals surface area contributed by atoms with Crippen molar-refractivity contribution in [3.05, 3.63) is 47.6 Å². The fraction of sp³-hybridized carbons (Fsp3) is 0.471. The summed E-state index contributed by atoms with van der Waals surface area (Å²) < 4.78 is 10.7. The molecule has 0 fully saturated rings. The summed E-state index contributed by atoms with van der Waals surface area (Å²) in [6.45, 7) is 7.37. The molecular weight excluding hydrogens is 280 g/mol. The van der Waals surface area contributed by atoms with Crippen molar-refractivity contribution in [1.82, 2.24) is 10.1 Å².